The number of benzene rings is 2. The topological polar surface area (TPSA) is 84.5 Å². The normalized spacial score (nSPS) is 11.2. The van der Waals surface area contributed by atoms with Crippen LogP contribution in [0.1, 0.15) is 31.4 Å². The highest BCUT2D eigenvalue weighted by molar-refractivity contribution is 7.89. The summed E-state index contributed by atoms with van der Waals surface area (Å²) in [5.41, 5.74) is 2.47. The summed E-state index contributed by atoms with van der Waals surface area (Å²) in [6.07, 6.45) is 1.54. The second kappa shape index (κ2) is 9.53. The maximum atomic E-state index is 12.2. The van der Waals surface area contributed by atoms with E-state index in [1.165, 1.54) is 12.1 Å². The van der Waals surface area contributed by atoms with E-state index in [9.17, 15) is 13.2 Å². The standard InChI is InChI=1S/C20H26N2O4S/c1-4-12-21-27(24,25)17-10-11-19(15(3)13-17)26-14-20(23)22-18-9-7-6-8-16(18)5-2/h6-11,13,21H,4-5,12,14H2,1-3H3,(H,22,23). The molecule has 0 aromatic heterocycles. The van der Waals surface area contributed by atoms with Crippen LogP contribution in [-0.4, -0.2) is 27.5 Å². The van der Waals surface area contributed by atoms with E-state index in [2.05, 4.69) is 10.0 Å². The van der Waals surface area contributed by atoms with E-state index in [-0.39, 0.29) is 17.4 Å². The Labute approximate surface area is 161 Å². The SMILES string of the molecule is CCCNS(=O)(=O)c1ccc(OCC(=O)Nc2ccccc2CC)c(C)c1. The van der Waals surface area contributed by atoms with Gasteiger partial charge in [-0.1, -0.05) is 32.0 Å². The Morgan fingerprint density at radius 2 is 1.85 bits per heavy atom. The average molecular weight is 391 g/mol. The molecule has 6 nitrogen and oxygen atoms in total. The lowest BCUT2D eigenvalue weighted by atomic mass is 10.1. The minimum atomic E-state index is -3.53. The summed E-state index contributed by atoms with van der Waals surface area (Å²) in [6.45, 7) is 5.90. The molecule has 0 unspecified atom stereocenters. The van der Waals surface area contributed by atoms with Crippen molar-refractivity contribution in [3.05, 3.63) is 53.6 Å². The molecular weight excluding hydrogens is 364 g/mol. The highest BCUT2D eigenvalue weighted by atomic mass is 32.2. The number of hydrogen-bond donors (Lipinski definition) is 2. The number of rotatable bonds is 9. The lowest BCUT2D eigenvalue weighted by Crippen LogP contribution is -2.24. The molecule has 2 N–H and O–H groups in total. The van der Waals surface area contributed by atoms with E-state index in [4.69, 9.17) is 4.74 Å². The van der Waals surface area contributed by atoms with Crippen molar-refractivity contribution in [3.63, 3.8) is 0 Å². The van der Waals surface area contributed by atoms with Crippen LogP contribution < -0.4 is 14.8 Å². The Kier molecular flexibility index (Phi) is 7.38. The van der Waals surface area contributed by atoms with Crippen molar-refractivity contribution < 1.29 is 17.9 Å². The molecule has 2 rings (SSSR count). The summed E-state index contributed by atoms with van der Waals surface area (Å²) >= 11 is 0. The van der Waals surface area contributed by atoms with Crippen LogP contribution in [0, 0.1) is 6.92 Å². The van der Waals surface area contributed by atoms with Gasteiger partial charge in [0.05, 0.1) is 4.90 Å². The maximum Gasteiger partial charge on any atom is 0.262 e. The first kappa shape index (κ1) is 20.9. The molecule has 146 valence electrons. The predicted octanol–water partition coefficient (Wildman–Crippen LogP) is 3.26. The number of carbonyl (C=O) groups is 1. The number of ether oxygens (including phenoxy) is 1. The summed E-state index contributed by atoms with van der Waals surface area (Å²) in [6, 6.07) is 12.2. The number of hydrogen-bond acceptors (Lipinski definition) is 4. The van der Waals surface area contributed by atoms with Crippen LogP contribution in [0.2, 0.25) is 0 Å². The zero-order valence-electron chi connectivity index (χ0n) is 15.9. The quantitative estimate of drug-likeness (QED) is 0.688. The van der Waals surface area contributed by atoms with Crippen molar-refractivity contribution in [2.45, 2.75) is 38.5 Å². The van der Waals surface area contributed by atoms with Crippen molar-refractivity contribution in [2.75, 3.05) is 18.5 Å². The van der Waals surface area contributed by atoms with E-state index < -0.39 is 10.0 Å². The molecule has 1 amide bonds. The molecule has 7 heteroatoms. The van der Waals surface area contributed by atoms with Crippen LogP contribution in [0.15, 0.2) is 47.4 Å². The van der Waals surface area contributed by atoms with E-state index in [0.717, 1.165) is 24.1 Å². The van der Waals surface area contributed by atoms with Crippen LogP contribution in [0.25, 0.3) is 0 Å². The van der Waals surface area contributed by atoms with Gasteiger partial charge in [0.15, 0.2) is 6.61 Å². The molecule has 0 aliphatic rings. The molecule has 0 aliphatic carbocycles. The summed E-state index contributed by atoms with van der Waals surface area (Å²) in [4.78, 5) is 12.4. The number of anilines is 1. The van der Waals surface area contributed by atoms with Crippen LogP contribution in [-0.2, 0) is 21.2 Å². The summed E-state index contributed by atoms with van der Waals surface area (Å²) in [5, 5.41) is 2.84. The van der Waals surface area contributed by atoms with Gasteiger partial charge in [-0.25, -0.2) is 13.1 Å². The first-order chi connectivity index (χ1) is 12.9. The monoisotopic (exact) mass is 390 g/mol. The van der Waals surface area contributed by atoms with E-state index in [1.807, 2.05) is 38.1 Å². The number of nitrogens with one attached hydrogen (secondary N) is 2. The van der Waals surface area contributed by atoms with Gasteiger partial charge >= 0.3 is 0 Å². The number of para-hydroxylation sites is 1. The Morgan fingerprint density at radius 3 is 2.52 bits per heavy atom. The lowest BCUT2D eigenvalue weighted by Gasteiger charge is -2.13. The molecule has 0 radical (unpaired) electrons. The first-order valence-corrected chi connectivity index (χ1v) is 10.5. The Bertz CT molecular complexity index is 895. The molecule has 0 heterocycles. The molecule has 0 saturated carbocycles. The van der Waals surface area contributed by atoms with Crippen molar-refractivity contribution in [2.24, 2.45) is 0 Å². The Hall–Kier alpha value is -2.38. The summed E-state index contributed by atoms with van der Waals surface area (Å²) < 4.78 is 32.4. The minimum absolute atomic E-state index is 0.154. The Morgan fingerprint density at radius 1 is 1.11 bits per heavy atom. The predicted molar refractivity (Wildman–Crippen MR) is 107 cm³/mol. The third-order valence-corrected chi connectivity index (χ3v) is 5.49. The average Bonchev–Trinajstić information content (AvgIpc) is 2.65. The van der Waals surface area contributed by atoms with Gasteiger partial charge in [-0.2, -0.15) is 0 Å². The van der Waals surface area contributed by atoms with Crippen molar-refractivity contribution >= 4 is 21.6 Å². The number of aryl methyl sites for hydroxylation is 2. The third-order valence-electron chi connectivity index (χ3n) is 4.03. The number of carbonyl (C=O) groups excluding carboxylic acids is 1. The van der Waals surface area contributed by atoms with Gasteiger partial charge < -0.3 is 10.1 Å². The molecule has 2 aromatic carbocycles. The number of sulfonamides is 1. The fourth-order valence-electron chi connectivity index (χ4n) is 2.55. The van der Waals surface area contributed by atoms with Crippen LogP contribution in [0.3, 0.4) is 0 Å². The summed E-state index contributed by atoms with van der Waals surface area (Å²) in [7, 11) is -3.53. The lowest BCUT2D eigenvalue weighted by molar-refractivity contribution is -0.118. The highest BCUT2D eigenvalue weighted by Crippen LogP contribution is 2.22. The smallest absolute Gasteiger partial charge is 0.262 e. The van der Waals surface area contributed by atoms with Crippen LogP contribution in [0.4, 0.5) is 5.69 Å². The molecule has 2 aromatic rings. The van der Waals surface area contributed by atoms with E-state index in [0.29, 0.717) is 17.9 Å². The van der Waals surface area contributed by atoms with Crippen molar-refractivity contribution in [1.82, 2.24) is 4.72 Å². The van der Waals surface area contributed by atoms with E-state index in [1.54, 1.807) is 13.0 Å². The second-order valence-corrected chi connectivity index (χ2v) is 7.94. The molecule has 0 atom stereocenters. The second-order valence-electron chi connectivity index (χ2n) is 6.17. The third kappa shape index (κ3) is 5.80. The summed E-state index contributed by atoms with van der Waals surface area (Å²) in [5.74, 6) is 0.208. The molecule has 0 saturated heterocycles. The van der Waals surface area contributed by atoms with Crippen molar-refractivity contribution in [3.8, 4) is 5.75 Å². The molecule has 0 aliphatic heterocycles. The fourth-order valence-corrected chi connectivity index (χ4v) is 3.77. The van der Waals surface area contributed by atoms with E-state index >= 15 is 0 Å². The van der Waals surface area contributed by atoms with Crippen LogP contribution >= 0.6 is 0 Å². The Balaban J connectivity index is 2.00. The number of amides is 1. The zero-order chi connectivity index (χ0) is 19.9. The van der Waals surface area contributed by atoms with Gasteiger partial charge in [-0.05, 0) is 55.2 Å². The highest BCUT2D eigenvalue weighted by Gasteiger charge is 2.15. The van der Waals surface area contributed by atoms with Crippen molar-refractivity contribution in [1.29, 1.82) is 0 Å². The first-order valence-electron chi connectivity index (χ1n) is 8.98. The van der Waals surface area contributed by atoms with Gasteiger partial charge in [-0.3, -0.25) is 4.79 Å². The van der Waals surface area contributed by atoms with Gasteiger partial charge in [0.1, 0.15) is 5.75 Å². The maximum absolute atomic E-state index is 12.2. The molecule has 0 spiro atoms. The molecule has 0 bridgehead atoms. The molecule has 27 heavy (non-hydrogen) atoms. The van der Waals surface area contributed by atoms with Gasteiger partial charge in [0.2, 0.25) is 10.0 Å². The largest absolute Gasteiger partial charge is 0.483 e. The van der Waals surface area contributed by atoms with Gasteiger partial charge in [0, 0.05) is 12.2 Å². The molecule has 0 fully saturated rings. The van der Waals surface area contributed by atoms with Gasteiger partial charge in [0.25, 0.3) is 5.91 Å². The van der Waals surface area contributed by atoms with Crippen LogP contribution in [0.5, 0.6) is 5.75 Å². The zero-order valence-corrected chi connectivity index (χ0v) is 16.7. The van der Waals surface area contributed by atoms with Gasteiger partial charge in [-0.15, -0.1) is 0 Å². The minimum Gasteiger partial charge on any atom is -0.483 e. The molecular formula is C20H26N2O4S. The fraction of sp³-hybridized carbons (Fsp3) is 0.350.